The van der Waals surface area contributed by atoms with Gasteiger partial charge in [-0.25, -0.2) is 4.39 Å². The van der Waals surface area contributed by atoms with Gasteiger partial charge in [0.25, 0.3) is 0 Å². The largest absolute Gasteiger partial charge is 0.384 e. The van der Waals surface area contributed by atoms with Crippen molar-refractivity contribution in [2.75, 3.05) is 5.32 Å². The first-order chi connectivity index (χ1) is 9.58. The van der Waals surface area contributed by atoms with Gasteiger partial charge in [0.15, 0.2) is 0 Å². The fourth-order valence-electron chi connectivity index (χ4n) is 2.54. The molecular formula is C16H14FNO2. The second-order valence-corrected chi connectivity index (χ2v) is 4.98. The first-order valence-electron chi connectivity index (χ1n) is 6.45. The summed E-state index contributed by atoms with van der Waals surface area (Å²) in [6.45, 7) is 1.72. The van der Waals surface area contributed by atoms with Crippen molar-refractivity contribution in [2.45, 2.75) is 18.9 Å². The number of rotatable bonds is 2. The van der Waals surface area contributed by atoms with E-state index in [1.54, 1.807) is 31.2 Å². The molecule has 0 radical (unpaired) electrons. The third kappa shape index (κ3) is 1.98. The molecule has 4 heteroatoms. The van der Waals surface area contributed by atoms with Crippen molar-refractivity contribution in [3.05, 3.63) is 65.0 Å². The molecule has 3 nitrogen and oxygen atoms in total. The maximum Gasteiger partial charge on any atom is 0.231 e. The van der Waals surface area contributed by atoms with Crippen LogP contribution >= 0.6 is 0 Å². The van der Waals surface area contributed by atoms with Crippen LogP contribution in [0.15, 0.2) is 42.5 Å². The lowest BCUT2D eigenvalue weighted by Crippen LogP contribution is -2.09. The van der Waals surface area contributed by atoms with Gasteiger partial charge in [-0.15, -0.1) is 0 Å². The number of hydrogen-bond donors (Lipinski definition) is 2. The SMILES string of the molecule is CC1C(=O)Nc2c1cc(F)cc2C(O)c1ccccc1. The number of halogens is 1. The average Bonchev–Trinajstić information content (AvgIpc) is 2.74. The minimum atomic E-state index is -0.966. The van der Waals surface area contributed by atoms with Crippen molar-refractivity contribution in [1.82, 2.24) is 0 Å². The van der Waals surface area contributed by atoms with Gasteiger partial charge in [0.05, 0.1) is 11.6 Å². The molecule has 0 bridgehead atoms. The highest BCUT2D eigenvalue weighted by Gasteiger charge is 2.31. The fourth-order valence-corrected chi connectivity index (χ4v) is 2.54. The van der Waals surface area contributed by atoms with Crippen LogP contribution in [0.4, 0.5) is 10.1 Å². The molecule has 2 aromatic rings. The molecule has 2 aromatic carbocycles. The maximum atomic E-state index is 13.7. The predicted octanol–water partition coefficient (Wildman–Crippen LogP) is 2.96. The molecule has 1 heterocycles. The molecular weight excluding hydrogens is 257 g/mol. The fraction of sp³-hybridized carbons (Fsp3) is 0.188. The van der Waals surface area contributed by atoms with Crippen molar-refractivity contribution >= 4 is 11.6 Å². The lowest BCUT2D eigenvalue weighted by atomic mass is 9.95. The second-order valence-electron chi connectivity index (χ2n) is 4.98. The summed E-state index contributed by atoms with van der Waals surface area (Å²) < 4.78 is 13.7. The van der Waals surface area contributed by atoms with E-state index >= 15 is 0 Å². The van der Waals surface area contributed by atoms with Crippen LogP contribution in [0.2, 0.25) is 0 Å². The molecule has 0 aromatic heterocycles. The van der Waals surface area contributed by atoms with Crippen molar-refractivity contribution in [2.24, 2.45) is 0 Å². The lowest BCUT2D eigenvalue weighted by Gasteiger charge is -2.15. The van der Waals surface area contributed by atoms with E-state index in [9.17, 15) is 14.3 Å². The molecule has 2 unspecified atom stereocenters. The standard InChI is InChI=1S/C16H14FNO2/c1-9-12-7-11(17)8-13(14(12)18-16(9)20)15(19)10-5-3-2-4-6-10/h2-9,15,19H,1H3,(H,18,20). The number of carbonyl (C=O) groups excluding carboxylic acids is 1. The number of aliphatic hydroxyl groups is 1. The van der Waals surface area contributed by atoms with Crippen LogP contribution in [-0.4, -0.2) is 11.0 Å². The molecule has 2 atom stereocenters. The van der Waals surface area contributed by atoms with E-state index in [2.05, 4.69) is 5.32 Å². The van der Waals surface area contributed by atoms with E-state index in [4.69, 9.17) is 0 Å². The number of amides is 1. The van der Waals surface area contributed by atoms with Crippen LogP contribution in [-0.2, 0) is 4.79 Å². The number of hydrogen-bond acceptors (Lipinski definition) is 2. The third-order valence-corrected chi connectivity index (χ3v) is 3.68. The summed E-state index contributed by atoms with van der Waals surface area (Å²) in [5, 5.41) is 13.2. The zero-order valence-electron chi connectivity index (χ0n) is 10.9. The van der Waals surface area contributed by atoms with Crippen LogP contribution < -0.4 is 5.32 Å². The summed E-state index contributed by atoms with van der Waals surface area (Å²) in [7, 11) is 0. The maximum absolute atomic E-state index is 13.7. The number of anilines is 1. The lowest BCUT2D eigenvalue weighted by molar-refractivity contribution is -0.116. The minimum Gasteiger partial charge on any atom is -0.384 e. The Kier molecular flexibility index (Phi) is 3.03. The van der Waals surface area contributed by atoms with Crippen LogP contribution in [0.25, 0.3) is 0 Å². The Morgan fingerprint density at radius 3 is 2.65 bits per heavy atom. The van der Waals surface area contributed by atoms with Gasteiger partial charge in [-0.3, -0.25) is 4.79 Å². The van der Waals surface area contributed by atoms with Crippen LogP contribution in [0.1, 0.15) is 35.6 Å². The van der Waals surface area contributed by atoms with E-state index in [0.717, 1.165) is 0 Å². The number of fused-ring (bicyclic) bond motifs is 1. The number of carbonyl (C=O) groups is 1. The highest BCUT2D eigenvalue weighted by Crippen LogP contribution is 2.39. The van der Waals surface area contributed by atoms with Gasteiger partial charge in [0, 0.05) is 5.56 Å². The smallest absolute Gasteiger partial charge is 0.231 e. The van der Waals surface area contributed by atoms with E-state index in [1.807, 2.05) is 6.07 Å². The Balaban J connectivity index is 2.12. The molecule has 0 saturated carbocycles. The first kappa shape index (κ1) is 12.8. The van der Waals surface area contributed by atoms with Gasteiger partial charge in [0.2, 0.25) is 5.91 Å². The van der Waals surface area contributed by atoms with E-state index in [-0.39, 0.29) is 5.91 Å². The molecule has 2 N–H and O–H groups in total. The van der Waals surface area contributed by atoms with Crippen molar-refractivity contribution in [1.29, 1.82) is 0 Å². The minimum absolute atomic E-state index is 0.174. The molecule has 3 rings (SSSR count). The summed E-state index contributed by atoms with van der Waals surface area (Å²) in [6, 6.07) is 11.6. The van der Waals surface area contributed by atoms with Gasteiger partial charge in [0.1, 0.15) is 11.9 Å². The summed E-state index contributed by atoms with van der Waals surface area (Å²) in [5.41, 5.74) is 2.18. The topological polar surface area (TPSA) is 49.3 Å². The molecule has 0 fully saturated rings. The highest BCUT2D eigenvalue weighted by atomic mass is 19.1. The number of nitrogens with one attached hydrogen (secondary N) is 1. The molecule has 0 saturated heterocycles. The van der Waals surface area contributed by atoms with Crippen molar-refractivity contribution < 1.29 is 14.3 Å². The number of aliphatic hydroxyl groups excluding tert-OH is 1. The van der Waals surface area contributed by atoms with E-state index < -0.39 is 17.8 Å². The zero-order valence-corrected chi connectivity index (χ0v) is 10.9. The van der Waals surface area contributed by atoms with Crippen molar-refractivity contribution in [3.8, 4) is 0 Å². The molecule has 1 aliphatic heterocycles. The highest BCUT2D eigenvalue weighted by molar-refractivity contribution is 6.03. The normalized spacial score (nSPS) is 18.6. The Labute approximate surface area is 116 Å². The second kappa shape index (κ2) is 4.72. The Morgan fingerprint density at radius 2 is 1.95 bits per heavy atom. The summed E-state index contributed by atoms with van der Waals surface area (Å²) in [4.78, 5) is 11.7. The van der Waals surface area contributed by atoms with E-state index in [0.29, 0.717) is 22.4 Å². The summed E-state index contributed by atoms with van der Waals surface area (Å²) in [5.74, 6) is -1.02. The average molecular weight is 271 g/mol. The predicted molar refractivity (Wildman–Crippen MR) is 73.9 cm³/mol. The third-order valence-electron chi connectivity index (χ3n) is 3.68. The quantitative estimate of drug-likeness (QED) is 0.882. The van der Waals surface area contributed by atoms with Crippen LogP contribution in [0.5, 0.6) is 0 Å². The Morgan fingerprint density at radius 1 is 1.25 bits per heavy atom. The van der Waals surface area contributed by atoms with Gasteiger partial charge in [-0.05, 0) is 30.2 Å². The molecule has 102 valence electrons. The van der Waals surface area contributed by atoms with Crippen LogP contribution in [0, 0.1) is 5.82 Å². The van der Waals surface area contributed by atoms with E-state index in [1.165, 1.54) is 12.1 Å². The molecule has 20 heavy (non-hydrogen) atoms. The Hall–Kier alpha value is -2.20. The summed E-state index contributed by atoms with van der Waals surface area (Å²) in [6.07, 6.45) is -0.966. The molecule has 0 aliphatic carbocycles. The van der Waals surface area contributed by atoms with Gasteiger partial charge >= 0.3 is 0 Å². The van der Waals surface area contributed by atoms with Gasteiger partial charge in [-0.2, -0.15) is 0 Å². The summed E-state index contributed by atoms with van der Waals surface area (Å²) >= 11 is 0. The van der Waals surface area contributed by atoms with Crippen LogP contribution in [0.3, 0.4) is 0 Å². The monoisotopic (exact) mass is 271 g/mol. The van der Waals surface area contributed by atoms with Gasteiger partial charge in [-0.1, -0.05) is 30.3 Å². The first-order valence-corrected chi connectivity index (χ1v) is 6.45. The zero-order chi connectivity index (χ0) is 14.3. The number of benzene rings is 2. The molecule has 0 spiro atoms. The molecule has 1 aliphatic rings. The Bertz CT molecular complexity index is 670. The molecule has 1 amide bonds. The van der Waals surface area contributed by atoms with Gasteiger partial charge < -0.3 is 10.4 Å². The van der Waals surface area contributed by atoms with Crippen molar-refractivity contribution in [3.63, 3.8) is 0 Å².